The minimum absolute atomic E-state index is 0.530. The Morgan fingerprint density at radius 1 is 1.00 bits per heavy atom. The summed E-state index contributed by atoms with van der Waals surface area (Å²) >= 11 is 12.0. The van der Waals surface area contributed by atoms with E-state index >= 15 is 0 Å². The summed E-state index contributed by atoms with van der Waals surface area (Å²) in [6.07, 6.45) is 17.4. The number of allylic oxidation sites excluding steroid dienone is 2. The molecular weight excluding hydrogens is 363 g/mol. The number of rotatable bonds is 6. The zero-order valence-corrected chi connectivity index (χ0v) is 16.8. The van der Waals surface area contributed by atoms with Crippen LogP contribution in [0.25, 0.3) is 11.4 Å². The second kappa shape index (κ2) is 9.53. The molecule has 1 fully saturated rings. The molecule has 1 aliphatic rings. The lowest BCUT2D eigenvalue weighted by atomic mass is 9.78. The van der Waals surface area contributed by atoms with Crippen molar-refractivity contribution in [3.05, 3.63) is 58.4 Å². The first-order valence-electron chi connectivity index (χ1n) is 9.53. The predicted octanol–water partition coefficient (Wildman–Crippen LogP) is 7.16. The van der Waals surface area contributed by atoms with Crippen LogP contribution >= 0.6 is 23.2 Å². The smallest absolute Gasteiger partial charge is 0.159 e. The van der Waals surface area contributed by atoms with Crippen LogP contribution in [-0.2, 0) is 6.42 Å². The Morgan fingerprint density at radius 2 is 1.69 bits per heavy atom. The van der Waals surface area contributed by atoms with E-state index in [1.807, 2.05) is 24.5 Å². The second-order valence-corrected chi connectivity index (χ2v) is 8.09. The molecule has 138 valence electrons. The maximum Gasteiger partial charge on any atom is 0.159 e. The van der Waals surface area contributed by atoms with Gasteiger partial charge >= 0.3 is 0 Å². The van der Waals surface area contributed by atoms with Crippen LogP contribution in [0.1, 0.15) is 51.0 Å². The lowest BCUT2D eigenvalue weighted by molar-refractivity contribution is 0.265. The molecule has 2 aromatic rings. The van der Waals surface area contributed by atoms with E-state index in [1.54, 1.807) is 6.07 Å². The molecule has 0 aliphatic heterocycles. The van der Waals surface area contributed by atoms with Crippen molar-refractivity contribution in [3.8, 4) is 11.4 Å². The van der Waals surface area contributed by atoms with E-state index in [2.05, 4.69) is 29.0 Å². The third-order valence-electron chi connectivity index (χ3n) is 5.40. The first-order chi connectivity index (χ1) is 12.7. The first-order valence-corrected chi connectivity index (χ1v) is 10.3. The number of aromatic nitrogens is 2. The van der Waals surface area contributed by atoms with E-state index in [4.69, 9.17) is 23.2 Å². The van der Waals surface area contributed by atoms with Gasteiger partial charge in [0, 0.05) is 18.0 Å². The van der Waals surface area contributed by atoms with E-state index in [9.17, 15) is 0 Å². The highest BCUT2D eigenvalue weighted by molar-refractivity contribution is 6.42. The maximum atomic E-state index is 6.08. The molecule has 1 aromatic heterocycles. The van der Waals surface area contributed by atoms with Crippen LogP contribution in [0.2, 0.25) is 10.0 Å². The highest BCUT2D eigenvalue weighted by atomic mass is 35.5. The molecule has 1 saturated carbocycles. The van der Waals surface area contributed by atoms with Crippen molar-refractivity contribution in [2.45, 2.75) is 51.9 Å². The molecule has 0 saturated heterocycles. The van der Waals surface area contributed by atoms with E-state index < -0.39 is 0 Å². The third-order valence-corrected chi connectivity index (χ3v) is 6.13. The molecule has 4 heteroatoms. The Balaban J connectivity index is 1.50. The molecule has 0 bridgehead atoms. The maximum absolute atomic E-state index is 6.08. The van der Waals surface area contributed by atoms with Gasteiger partial charge in [-0.1, -0.05) is 48.2 Å². The number of aryl methyl sites for hydroxylation is 1. The van der Waals surface area contributed by atoms with Crippen molar-refractivity contribution >= 4 is 23.2 Å². The standard InChI is InChI=1S/C22H26Cl2N2/c1-2-3-4-16-5-7-17(8-6-16)9-10-18-14-25-22(26-15-18)19-11-12-20(23)21(24)13-19/h2-3,11-17H,4-10H2,1H3. The van der Waals surface area contributed by atoms with Crippen LogP contribution in [0.4, 0.5) is 0 Å². The summed E-state index contributed by atoms with van der Waals surface area (Å²) in [6.45, 7) is 2.11. The van der Waals surface area contributed by atoms with Crippen LogP contribution in [0.5, 0.6) is 0 Å². The molecular formula is C22H26Cl2N2. The Kier molecular flexibility index (Phi) is 7.10. The van der Waals surface area contributed by atoms with E-state index in [0.717, 1.165) is 23.8 Å². The highest BCUT2D eigenvalue weighted by Crippen LogP contribution is 2.33. The fraction of sp³-hybridized carbons (Fsp3) is 0.455. The third kappa shape index (κ3) is 5.31. The quantitative estimate of drug-likeness (QED) is 0.490. The van der Waals surface area contributed by atoms with Crippen LogP contribution in [0.15, 0.2) is 42.7 Å². The minimum Gasteiger partial charge on any atom is -0.236 e. The van der Waals surface area contributed by atoms with Crippen LogP contribution in [0, 0.1) is 11.8 Å². The highest BCUT2D eigenvalue weighted by Gasteiger charge is 2.20. The van der Waals surface area contributed by atoms with Gasteiger partial charge in [-0.05, 0) is 74.6 Å². The summed E-state index contributed by atoms with van der Waals surface area (Å²) in [5.74, 6) is 2.44. The summed E-state index contributed by atoms with van der Waals surface area (Å²) in [6, 6.07) is 5.49. The topological polar surface area (TPSA) is 25.8 Å². The van der Waals surface area contributed by atoms with Gasteiger partial charge in [0.05, 0.1) is 10.0 Å². The van der Waals surface area contributed by atoms with Crippen molar-refractivity contribution in [1.82, 2.24) is 9.97 Å². The van der Waals surface area contributed by atoms with E-state index in [-0.39, 0.29) is 0 Å². The second-order valence-electron chi connectivity index (χ2n) is 7.27. The summed E-state index contributed by atoms with van der Waals surface area (Å²) in [5, 5.41) is 1.08. The molecule has 0 N–H and O–H groups in total. The number of nitrogens with zero attached hydrogens (tertiary/aromatic N) is 2. The largest absolute Gasteiger partial charge is 0.236 e. The van der Waals surface area contributed by atoms with Crippen molar-refractivity contribution in [1.29, 1.82) is 0 Å². The molecule has 0 unspecified atom stereocenters. The zero-order valence-electron chi connectivity index (χ0n) is 15.3. The summed E-state index contributed by atoms with van der Waals surface area (Å²) < 4.78 is 0. The van der Waals surface area contributed by atoms with Gasteiger partial charge in [0.1, 0.15) is 0 Å². The number of halogens is 2. The summed E-state index contributed by atoms with van der Waals surface area (Å²) in [4.78, 5) is 9.02. The van der Waals surface area contributed by atoms with Crippen molar-refractivity contribution in [3.63, 3.8) is 0 Å². The van der Waals surface area contributed by atoms with Gasteiger partial charge in [-0.2, -0.15) is 0 Å². The molecule has 0 atom stereocenters. The Bertz CT molecular complexity index is 732. The molecule has 3 rings (SSSR count). The SMILES string of the molecule is CC=CCC1CCC(CCc2cnc(-c3ccc(Cl)c(Cl)c3)nc2)CC1. The Hall–Kier alpha value is -1.38. The minimum atomic E-state index is 0.530. The van der Waals surface area contributed by atoms with Crippen LogP contribution < -0.4 is 0 Å². The first kappa shape index (κ1) is 19.4. The molecule has 1 aliphatic carbocycles. The number of benzene rings is 1. The van der Waals surface area contributed by atoms with Gasteiger partial charge in [-0.15, -0.1) is 0 Å². The fourth-order valence-electron chi connectivity index (χ4n) is 3.72. The van der Waals surface area contributed by atoms with Crippen molar-refractivity contribution in [2.75, 3.05) is 0 Å². The number of hydrogen-bond donors (Lipinski definition) is 0. The Morgan fingerprint density at radius 3 is 2.35 bits per heavy atom. The van der Waals surface area contributed by atoms with Gasteiger partial charge in [0.2, 0.25) is 0 Å². The molecule has 0 amide bonds. The van der Waals surface area contributed by atoms with Gasteiger partial charge in [-0.3, -0.25) is 0 Å². The average molecular weight is 389 g/mol. The van der Waals surface area contributed by atoms with Gasteiger partial charge in [0.15, 0.2) is 5.82 Å². The predicted molar refractivity (Wildman–Crippen MR) is 111 cm³/mol. The van der Waals surface area contributed by atoms with Gasteiger partial charge in [-0.25, -0.2) is 9.97 Å². The molecule has 0 spiro atoms. The lowest BCUT2D eigenvalue weighted by Crippen LogP contribution is -2.14. The molecule has 26 heavy (non-hydrogen) atoms. The summed E-state index contributed by atoms with van der Waals surface area (Å²) in [7, 11) is 0. The zero-order chi connectivity index (χ0) is 18.4. The molecule has 1 aromatic carbocycles. The molecule has 1 heterocycles. The van der Waals surface area contributed by atoms with E-state index in [1.165, 1.54) is 44.1 Å². The monoisotopic (exact) mass is 388 g/mol. The average Bonchev–Trinajstić information content (AvgIpc) is 2.68. The molecule has 0 radical (unpaired) electrons. The van der Waals surface area contributed by atoms with Crippen LogP contribution in [-0.4, -0.2) is 9.97 Å². The van der Waals surface area contributed by atoms with E-state index in [0.29, 0.717) is 15.9 Å². The molecule has 2 nitrogen and oxygen atoms in total. The lowest BCUT2D eigenvalue weighted by Gasteiger charge is -2.27. The van der Waals surface area contributed by atoms with Gasteiger partial charge < -0.3 is 0 Å². The fourth-order valence-corrected chi connectivity index (χ4v) is 4.02. The normalized spacial score (nSPS) is 20.6. The summed E-state index contributed by atoms with van der Waals surface area (Å²) in [5.41, 5.74) is 2.11. The van der Waals surface area contributed by atoms with Crippen molar-refractivity contribution in [2.24, 2.45) is 11.8 Å². The Labute approximate surface area is 166 Å². The number of hydrogen-bond acceptors (Lipinski definition) is 2. The van der Waals surface area contributed by atoms with Gasteiger partial charge in [0.25, 0.3) is 0 Å². The van der Waals surface area contributed by atoms with Crippen molar-refractivity contribution < 1.29 is 0 Å². The van der Waals surface area contributed by atoms with Crippen LogP contribution in [0.3, 0.4) is 0 Å².